The molecule has 1 aliphatic heterocycles. The van der Waals surface area contributed by atoms with Gasteiger partial charge in [0, 0.05) is 5.69 Å². The van der Waals surface area contributed by atoms with Crippen molar-refractivity contribution in [2.45, 2.75) is 4.84 Å². The van der Waals surface area contributed by atoms with E-state index in [2.05, 4.69) is 5.32 Å². The number of halogens is 2. The van der Waals surface area contributed by atoms with Crippen LogP contribution < -0.4 is 10.2 Å². The van der Waals surface area contributed by atoms with E-state index in [4.69, 9.17) is 40.5 Å². The van der Waals surface area contributed by atoms with Crippen LogP contribution in [0.2, 0.25) is 0 Å². The third-order valence-electron chi connectivity index (χ3n) is 2.64. The van der Waals surface area contributed by atoms with Crippen molar-refractivity contribution in [3.8, 4) is 0 Å². The molecule has 0 radical (unpaired) electrons. The lowest BCUT2D eigenvalue weighted by molar-refractivity contribution is -0.115. The van der Waals surface area contributed by atoms with Crippen molar-refractivity contribution < 1.29 is 19.5 Å². The number of amides is 2. The summed E-state index contributed by atoms with van der Waals surface area (Å²) in [5.41, 5.74) is 0.301. The first-order valence-corrected chi connectivity index (χ1v) is 8.03. The number of alkyl halides is 2. The zero-order valence-electron chi connectivity index (χ0n) is 10.7. The first-order chi connectivity index (χ1) is 10.3. The summed E-state index contributed by atoms with van der Waals surface area (Å²) >= 11 is 17.1. The number of carbonyl (C=O) groups is 3. The van der Waals surface area contributed by atoms with Gasteiger partial charge in [-0.25, -0.2) is 4.79 Å². The molecule has 0 aromatic heterocycles. The van der Waals surface area contributed by atoms with Crippen LogP contribution >= 0.6 is 47.2 Å². The lowest BCUT2D eigenvalue weighted by atomic mass is 10.1. The van der Waals surface area contributed by atoms with E-state index < -0.39 is 16.7 Å². The highest BCUT2D eigenvalue weighted by molar-refractivity contribution is 8.24. The van der Waals surface area contributed by atoms with Crippen molar-refractivity contribution in [2.75, 3.05) is 16.0 Å². The molecule has 0 bridgehead atoms. The van der Waals surface area contributed by atoms with E-state index in [1.807, 2.05) is 0 Å². The molecule has 2 N–H and O–H groups in total. The molecule has 2 amide bonds. The van der Waals surface area contributed by atoms with Crippen molar-refractivity contribution in [1.82, 2.24) is 0 Å². The van der Waals surface area contributed by atoms with Crippen LogP contribution in [0.3, 0.4) is 0 Å². The van der Waals surface area contributed by atoms with Gasteiger partial charge in [-0.15, -0.1) is 0 Å². The first-order valence-electron chi connectivity index (χ1n) is 5.76. The molecule has 0 saturated carbocycles. The van der Waals surface area contributed by atoms with Crippen LogP contribution in [0.5, 0.6) is 0 Å². The largest absolute Gasteiger partial charge is 0.478 e. The van der Waals surface area contributed by atoms with Crippen LogP contribution in [0.1, 0.15) is 10.4 Å². The summed E-state index contributed by atoms with van der Waals surface area (Å²) in [6, 6.07) is 3.96. The number of carboxylic acid groups (broad SMARTS) is 1. The topological polar surface area (TPSA) is 86.7 Å². The van der Waals surface area contributed by atoms with Gasteiger partial charge in [0.25, 0.3) is 5.91 Å². The maximum atomic E-state index is 11.8. The molecule has 0 unspecified atom stereocenters. The maximum absolute atomic E-state index is 11.8. The third-order valence-corrected chi connectivity index (χ3v) is 4.39. The summed E-state index contributed by atoms with van der Waals surface area (Å²) in [7, 11) is 0. The van der Waals surface area contributed by atoms with Crippen LogP contribution in [-0.4, -0.2) is 37.8 Å². The fourth-order valence-electron chi connectivity index (χ4n) is 1.74. The molecular formula is C12H8Cl2N2O4S2. The van der Waals surface area contributed by atoms with E-state index in [0.29, 0.717) is 4.32 Å². The number of nitrogens with zero attached hydrogens (tertiary/aromatic N) is 1. The standard InChI is InChI=1S/C12H8Cl2N2O4S2/c13-9(14)10(18)15-6-1-5(11(19)20)2-7(3-6)16-8(17)4-22-12(16)21/h1-3,9H,4H2,(H,15,18)(H,19,20). The molecule has 22 heavy (non-hydrogen) atoms. The van der Waals surface area contributed by atoms with E-state index in [1.54, 1.807) is 0 Å². The van der Waals surface area contributed by atoms with E-state index in [9.17, 15) is 14.4 Å². The van der Waals surface area contributed by atoms with E-state index in [-0.39, 0.29) is 28.6 Å². The maximum Gasteiger partial charge on any atom is 0.335 e. The number of aromatic carboxylic acids is 1. The van der Waals surface area contributed by atoms with Crippen LogP contribution in [0, 0.1) is 0 Å². The minimum Gasteiger partial charge on any atom is -0.478 e. The van der Waals surface area contributed by atoms with Crippen LogP contribution in [0.15, 0.2) is 18.2 Å². The number of hydrogen-bond acceptors (Lipinski definition) is 5. The summed E-state index contributed by atoms with van der Waals surface area (Å²) in [5.74, 6) is -2.00. The smallest absolute Gasteiger partial charge is 0.335 e. The van der Waals surface area contributed by atoms with Crippen molar-refractivity contribution in [3.05, 3.63) is 23.8 Å². The number of rotatable bonds is 4. The van der Waals surface area contributed by atoms with Crippen molar-refractivity contribution in [2.24, 2.45) is 0 Å². The Morgan fingerprint density at radius 3 is 2.55 bits per heavy atom. The number of carbonyl (C=O) groups excluding carboxylic acids is 2. The molecule has 1 fully saturated rings. The first kappa shape index (κ1) is 17.0. The van der Waals surface area contributed by atoms with Gasteiger partial charge in [0.2, 0.25) is 5.91 Å². The van der Waals surface area contributed by atoms with Gasteiger partial charge in [0.05, 0.1) is 17.0 Å². The Balaban J connectivity index is 2.43. The second-order valence-electron chi connectivity index (χ2n) is 4.15. The molecule has 6 nitrogen and oxygen atoms in total. The number of thioether (sulfide) groups is 1. The predicted molar refractivity (Wildman–Crippen MR) is 90.1 cm³/mol. The Bertz CT molecular complexity index is 665. The number of thiocarbonyl (C=S) groups is 1. The Morgan fingerprint density at radius 2 is 2.05 bits per heavy atom. The van der Waals surface area contributed by atoms with Gasteiger partial charge in [-0.1, -0.05) is 47.2 Å². The average molecular weight is 379 g/mol. The predicted octanol–water partition coefficient (Wildman–Crippen LogP) is 2.49. The van der Waals surface area contributed by atoms with Crippen LogP contribution in [-0.2, 0) is 9.59 Å². The fourth-order valence-corrected chi connectivity index (χ4v) is 2.94. The van der Waals surface area contributed by atoms with Crippen LogP contribution in [0.25, 0.3) is 0 Å². The Morgan fingerprint density at radius 1 is 1.36 bits per heavy atom. The average Bonchev–Trinajstić information content (AvgIpc) is 2.77. The van der Waals surface area contributed by atoms with E-state index in [1.165, 1.54) is 34.9 Å². The Labute approximate surface area is 144 Å². The summed E-state index contributed by atoms with van der Waals surface area (Å²) in [4.78, 5) is 34.5. The van der Waals surface area contributed by atoms with E-state index in [0.717, 1.165) is 0 Å². The number of benzene rings is 1. The second kappa shape index (κ2) is 6.82. The molecule has 0 aliphatic carbocycles. The van der Waals surface area contributed by atoms with Gasteiger partial charge < -0.3 is 10.4 Å². The summed E-state index contributed by atoms with van der Waals surface area (Å²) in [5, 5.41) is 11.5. The highest BCUT2D eigenvalue weighted by Gasteiger charge is 2.29. The lowest BCUT2D eigenvalue weighted by Crippen LogP contribution is -2.28. The van der Waals surface area contributed by atoms with Crippen molar-refractivity contribution in [3.63, 3.8) is 0 Å². The fraction of sp³-hybridized carbons (Fsp3) is 0.167. The monoisotopic (exact) mass is 378 g/mol. The third kappa shape index (κ3) is 3.70. The van der Waals surface area contributed by atoms with Gasteiger partial charge in [-0.3, -0.25) is 14.5 Å². The molecule has 0 atom stereocenters. The quantitative estimate of drug-likeness (QED) is 0.618. The highest BCUT2D eigenvalue weighted by atomic mass is 35.5. The van der Waals surface area contributed by atoms with Gasteiger partial charge in [0.15, 0.2) is 4.84 Å². The van der Waals surface area contributed by atoms with E-state index >= 15 is 0 Å². The molecule has 1 aromatic rings. The zero-order chi connectivity index (χ0) is 16.4. The molecule has 1 heterocycles. The summed E-state index contributed by atoms with van der Waals surface area (Å²) in [6.45, 7) is 0. The van der Waals surface area contributed by atoms with Gasteiger partial charge >= 0.3 is 5.97 Å². The second-order valence-corrected chi connectivity index (χ2v) is 6.85. The normalized spacial score (nSPS) is 14.6. The lowest BCUT2D eigenvalue weighted by Gasteiger charge is -2.17. The SMILES string of the molecule is O=C(O)c1cc(NC(=O)C(Cl)Cl)cc(N2C(=O)CSC2=S)c1. The van der Waals surface area contributed by atoms with Gasteiger partial charge in [-0.2, -0.15) is 0 Å². The minimum atomic E-state index is -1.30. The van der Waals surface area contributed by atoms with Gasteiger partial charge in [-0.05, 0) is 18.2 Å². The zero-order valence-corrected chi connectivity index (χ0v) is 13.9. The molecule has 10 heteroatoms. The molecular weight excluding hydrogens is 371 g/mol. The number of anilines is 2. The van der Waals surface area contributed by atoms with Crippen molar-refractivity contribution >= 4 is 80.7 Å². The molecule has 2 rings (SSSR count). The highest BCUT2D eigenvalue weighted by Crippen LogP contribution is 2.30. The van der Waals surface area contributed by atoms with Crippen LogP contribution in [0.4, 0.5) is 11.4 Å². The molecule has 1 aliphatic rings. The number of carboxylic acids is 1. The number of nitrogens with one attached hydrogen (secondary N) is 1. The summed E-state index contributed by atoms with van der Waals surface area (Å²) < 4.78 is 0.317. The summed E-state index contributed by atoms with van der Waals surface area (Å²) in [6.07, 6.45) is 0. The molecule has 0 spiro atoms. The van der Waals surface area contributed by atoms with Crippen molar-refractivity contribution in [1.29, 1.82) is 0 Å². The van der Waals surface area contributed by atoms with Gasteiger partial charge in [0.1, 0.15) is 4.32 Å². The Hall–Kier alpha value is -1.35. The minimum absolute atomic E-state index is 0.110. The molecule has 116 valence electrons. The molecule has 1 aromatic carbocycles. The molecule has 1 saturated heterocycles. The number of hydrogen-bond donors (Lipinski definition) is 2. The Kier molecular flexibility index (Phi) is 5.28.